The molecule has 3 amide bonds. The van der Waals surface area contributed by atoms with Gasteiger partial charge in [-0.05, 0) is 12.1 Å². The predicted molar refractivity (Wildman–Crippen MR) is 66.1 cm³/mol. The predicted octanol–water partition coefficient (Wildman–Crippen LogP) is -0.689. The molecule has 1 saturated heterocycles. The summed E-state index contributed by atoms with van der Waals surface area (Å²) in [7, 11) is 0. The zero-order valence-electron chi connectivity index (χ0n) is 10.5. The molecule has 1 N–H and O–H groups in total. The minimum Gasteiger partial charge on any atom is -0.485 e. The van der Waals surface area contributed by atoms with E-state index in [9.17, 15) is 14.4 Å². The first-order valence-corrected chi connectivity index (χ1v) is 6.13. The van der Waals surface area contributed by atoms with E-state index in [1.54, 1.807) is 24.3 Å². The van der Waals surface area contributed by atoms with Crippen molar-refractivity contribution >= 4 is 17.7 Å². The van der Waals surface area contributed by atoms with Crippen molar-refractivity contribution in [2.75, 3.05) is 19.7 Å². The summed E-state index contributed by atoms with van der Waals surface area (Å²) in [5.41, 5.74) is 0. The number of ether oxygens (including phenoxy) is 2. The van der Waals surface area contributed by atoms with Gasteiger partial charge >= 0.3 is 0 Å². The van der Waals surface area contributed by atoms with Crippen LogP contribution >= 0.6 is 0 Å². The Balaban J connectivity index is 1.73. The van der Waals surface area contributed by atoms with E-state index >= 15 is 0 Å². The summed E-state index contributed by atoms with van der Waals surface area (Å²) in [6, 6.07) is 7.02. The van der Waals surface area contributed by atoms with Crippen molar-refractivity contribution in [2.45, 2.75) is 6.10 Å². The average molecular weight is 276 g/mol. The maximum absolute atomic E-state index is 12.2. The lowest BCUT2D eigenvalue weighted by Gasteiger charge is -2.31. The van der Waals surface area contributed by atoms with Crippen LogP contribution in [0.5, 0.6) is 11.5 Å². The summed E-state index contributed by atoms with van der Waals surface area (Å²) >= 11 is 0. The Hall–Kier alpha value is -2.57. The molecule has 1 aromatic rings. The molecule has 0 aliphatic carbocycles. The highest BCUT2D eigenvalue weighted by atomic mass is 16.6. The van der Waals surface area contributed by atoms with Gasteiger partial charge in [0.1, 0.15) is 19.7 Å². The molecule has 1 atom stereocenters. The highest BCUT2D eigenvalue weighted by molar-refractivity contribution is 6.03. The number of carbonyl (C=O) groups excluding carboxylic acids is 3. The van der Waals surface area contributed by atoms with Crippen LogP contribution in [-0.2, 0) is 14.4 Å². The molecule has 0 aromatic heterocycles. The van der Waals surface area contributed by atoms with Crippen LogP contribution in [-0.4, -0.2) is 48.4 Å². The van der Waals surface area contributed by atoms with E-state index in [0.717, 1.165) is 0 Å². The lowest BCUT2D eigenvalue weighted by atomic mass is 10.2. The molecule has 2 aliphatic heterocycles. The molecule has 0 radical (unpaired) electrons. The highest BCUT2D eigenvalue weighted by Gasteiger charge is 2.35. The summed E-state index contributed by atoms with van der Waals surface area (Å²) in [6.07, 6.45) is -0.844. The minimum absolute atomic E-state index is 0.0577. The summed E-state index contributed by atoms with van der Waals surface area (Å²) < 4.78 is 11.0. The van der Waals surface area contributed by atoms with E-state index in [2.05, 4.69) is 5.32 Å². The standard InChI is InChI=1S/C13H12N2O5/c16-11-5-15(6-12(17)14-11)13(18)10-7-19-8-3-1-2-4-9(8)20-10/h1-4,10H,5-7H2,(H,14,16,17). The van der Waals surface area contributed by atoms with Crippen molar-refractivity contribution in [2.24, 2.45) is 0 Å². The fourth-order valence-electron chi connectivity index (χ4n) is 2.14. The van der Waals surface area contributed by atoms with Gasteiger partial charge in [-0.15, -0.1) is 0 Å². The van der Waals surface area contributed by atoms with Crippen molar-refractivity contribution in [1.29, 1.82) is 0 Å². The first-order valence-electron chi connectivity index (χ1n) is 6.13. The Morgan fingerprint density at radius 3 is 2.50 bits per heavy atom. The van der Waals surface area contributed by atoms with Gasteiger partial charge in [0.15, 0.2) is 11.5 Å². The lowest BCUT2D eigenvalue weighted by molar-refractivity contribution is -0.150. The van der Waals surface area contributed by atoms with Crippen LogP contribution in [0.15, 0.2) is 24.3 Å². The number of piperazine rings is 1. The zero-order chi connectivity index (χ0) is 14.1. The first kappa shape index (κ1) is 12.5. The average Bonchev–Trinajstić information content (AvgIpc) is 2.45. The molecule has 1 aromatic carbocycles. The van der Waals surface area contributed by atoms with E-state index in [0.29, 0.717) is 11.5 Å². The lowest BCUT2D eigenvalue weighted by Crippen LogP contribution is -2.57. The van der Waals surface area contributed by atoms with Crippen molar-refractivity contribution in [3.63, 3.8) is 0 Å². The van der Waals surface area contributed by atoms with Crippen molar-refractivity contribution in [3.05, 3.63) is 24.3 Å². The number of rotatable bonds is 1. The molecule has 0 saturated carbocycles. The zero-order valence-corrected chi connectivity index (χ0v) is 10.5. The van der Waals surface area contributed by atoms with Crippen LogP contribution in [0.2, 0.25) is 0 Å². The minimum atomic E-state index is -0.844. The molecule has 20 heavy (non-hydrogen) atoms. The van der Waals surface area contributed by atoms with E-state index in [-0.39, 0.29) is 19.7 Å². The topological polar surface area (TPSA) is 84.9 Å². The monoisotopic (exact) mass is 276 g/mol. The second-order valence-electron chi connectivity index (χ2n) is 4.53. The number of imide groups is 1. The third-order valence-corrected chi connectivity index (χ3v) is 3.04. The van der Waals surface area contributed by atoms with Crippen LogP contribution in [0, 0.1) is 0 Å². The largest absolute Gasteiger partial charge is 0.485 e. The van der Waals surface area contributed by atoms with Crippen LogP contribution in [0.4, 0.5) is 0 Å². The fraction of sp³-hybridized carbons (Fsp3) is 0.308. The molecule has 7 nitrogen and oxygen atoms in total. The molecular weight excluding hydrogens is 264 g/mol. The third kappa shape index (κ3) is 2.29. The van der Waals surface area contributed by atoms with Gasteiger partial charge in [0.05, 0.1) is 0 Å². The van der Waals surface area contributed by atoms with Gasteiger partial charge in [-0.3, -0.25) is 19.7 Å². The van der Waals surface area contributed by atoms with Gasteiger partial charge in [-0.25, -0.2) is 0 Å². The molecule has 1 fully saturated rings. The normalized spacial score (nSPS) is 21.4. The Morgan fingerprint density at radius 1 is 1.15 bits per heavy atom. The summed E-state index contributed by atoms with van der Waals surface area (Å²) in [6.45, 7) is -0.236. The number of hydrogen-bond donors (Lipinski definition) is 1. The molecule has 1 unspecified atom stereocenters. The van der Waals surface area contributed by atoms with Gasteiger partial charge in [-0.1, -0.05) is 12.1 Å². The van der Waals surface area contributed by atoms with E-state index in [1.165, 1.54) is 4.90 Å². The Kier molecular flexibility index (Phi) is 3.02. The van der Waals surface area contributed by atoms with Crippen LogP contribution in [0.25, 0.3) is 0 Å². The van der Waals surface area contributed by atoms with Crippen molar-refractivity contribution in [1.82, 2.24) is 10.2 Å². The Labute approximate surface area is 114 Å². The number of para-hydroxylation sites is 2. The summed E-state index contributed by atoms with van der Waals surface area (Å²) in [4.78, 5) is 36.0. The molecule has 7 heteroatoms. The number of carbonyl (C=O) groups is 3. The number of nitrogens with zero attached hydrogens (tertiary/aromatic N) is 1. The quantitative estimate of drug-likeness (QED) is 0.686. The van der Waals surface area contributed by atoms with Crippen LogP contribution < -0.4 is 14.8 Å². The van der Waals surface area contributed by atoms with E-state index in [4.69, 9.17) is 9.47 Å². The van der Waals surface area contributed by atoms with E-state index < -0.39 is 23.8 Å². The molecular formula is C13H12N2O5. The molecule has 0 spiro atoms. The molecule has 0 bridgehead atoms. The molecule has 104 valence electrons. The smallest absolute Gasteiger partial charge is 0.268 e. The SMILES string of the molecule is O=C1CN(C(=O)C2COc3ccccc3O2)CC(=O)N1. The van der Waals surface area contributed by atoms with Crippen molar-refractivity contribution in [3.8, 4) is 11.5 Å². The van der Waals surface area contributed by atoms with Crippen molar-refractivity contribution < 1.29 is 23.9 Å². The maximum atomic E-state index is 12.2. The Bertz CT molecular complexity index is 570. The third-order valence-electron chi connectivity index (χ3n) is 3.04. The fourth-order valence-corrected chi connectivity index (χ4v) is 2.14. The maximum Gasteiger partial charge on any atom is 0.268 e. The Morgan fingerprint density at radius 2 is 1.80 bits per heavy atom. The number of amides is 3. The summed E-state index contributed by atoms with van der Waals surface area (Å²) in [5.74, 6) is -0.366. The van der Waals surface area contributed by atoms with Gasteiger partial charge in [0.25, 0.3) is 5.91 Å². The number of benzene rings is 1. The molecule has 3 rings (SSSR count). The van der Waals surface area contributed by atoms with Gasteiger partial charge in [0.2, 0.25) is 17.9 Å². The van der Waals surface area contributed by atoms with Crippen LogP contribution in [0.3, 0.4) is 0 Å². The highest BCUT2D eigenvalue weighted by Crippen LogP contribution is 2.31. The van der Waals surface area contributed by atoms with Gasteiger partial charge in [-0.2, -0.15) is 0 Å². The number of nitrogens with one attached hydrogen (secondary N) is 1. The number of hydrogen-bond acceptors (Lipinski definition) is 5. The molecule has 2 heterocycles. The number of fused-ring (bicyclic) bond motifs is 1. The molecule has 2 aliphatic rings. The summed E-state index contributed by atoms with van der Waals surface area (Å²) in [5, 5.41) is 2.14. The second-order valence-corrected chi connectivity index (χ2v) is 4.53. The van der Waals surface area contributed by atoms with Crippen LogP contribution in [0.1, 0.15) is 0 Å². The van der Waals surface area contributed by atoms with Gasteiger partial charge in [0, 0.05) is 0 Å². The van der Waals surface area contributed by atoms with E-state index in [1.807, 2.05) is 0 Å². The van der Waals surface area contributed by atoms with Gasteiger partial charge < -0.3 is 14.4 Å². The second kappa shape index (κ2) is 4.84. The first-order chi connectivity index (χ1) is 9.63.